The fourth-order valence-corrected chi connectivity index (χ4v) is 1.26. The van der Waals surface area contributed by atoms with Gasteiger partial charge in [-0.1, -0.05) is 31.5 Å². The van der Waals surface area contributed by atoms with Gasteiger partial charge in [0, 0.05) is 0 Å². The van der Waals surface area contributed by atoms with E-state index in [0.29, 0.717) is 5.75 Å². The first-order valence-electron chi connectivity index (χ1n) is 4.64. The van der Waals surface area contributed by atoms with Gasteiger partial charge in [-0.15, -0.1) is 0 Å². The van der Waals surface area contributed by atoms with Crippen LogP contribution in [-0.4, -0.2) is 12.6 Å². The van der Waals surface area contributed by atoms with Crippen LogP contribution in [0.15, 0.2) is 24.3 Å². The first-order valence-corrected chi connectivity index (χ1v) is 4.64. The van der Waals surface area contributed by atoms with Crippen LogP contribution < -0.4 is 9.84 Å². The van der Waals surface area contributed by atoms with E-state index < -0.39 is 5.97 Å². The van der Waals surface area contributed by atoms with Gasteiger partial charge < -0.3 is 14.6 Å². The number of rotatable bonds is 5. The molecule has 0 aliphatic rings. The molecule has 14 heavy (non-hydrogen) atoms. The summed E-state index contributed by atoms with van der Waals surface area (Å²) >= 11 is 0. The van der Waals surface area contributed by atoms with Gasteiger partial charge in [0.2, 0.25) is 0 Å². The van der Waals surface area contributed by atoms with Crippen LogP contribution in [0.2, 0.25) is 0 Å². The van der Waals surface area contributed by atoms with Crippen molar-refractivity contribution in [1.29, 1.82) is 0 Å². The van der Waals surface area contributed by atoms with Gasteiger partial charge in [-0.25, -0.2) is 0 Å². The molecule has 0 heterocycles. The molecule has 0 amide bonds. The average molecular weight is 193 g/mol. The third-order valence-corrected chi connectivity index (χ3v) is 1.84. The van der Waals surface area contributed by atoms with Crippen LogP contribution in [0.1, 0.15) is 18.9 Å². The van der Waals surface area contributed by atoms with Crippen LogP contribution in [0.3, 0.4) is 0 Å². The Bertz CT molecular complexity index is 307. The Labute approximate surface area is 83.3 Å². The second-order valence-corrected chi connectivity index (χ2v) is 3.02. The molecule has 0 aliphatic heterocycles. The molecule has 1 rings (SSSR count). The predicted molar refractivity (Wildman–Crippen MR) is 50.9 cm³/mol. The fraction of sp³-hybridized carbons (Fsp3) is 0.364. The quantitative estimate of drug-likeness (QED) is 0.694. The summed E-state index contributed by atoms with van der Waals surface area (Å²) in [5, 5.41) is 10.2. The molecule has 0 fully saturated rings. The number of aliphatic carboxylic acids is 1. The Morgan fingerprint density at radius 3 is 2.79 bits per heavy atom. The Morgan fingerprint density at radius 2 is 2.14 bits per heavy atom. The summed E-state index contributed by atoms with van der Waals surface area (Å²) in [6.45, 7) is 1.68. The lowest BCUT2D eigenvalue weighted by Crippen LogP contribution is -2.29. The molecule has 0 aliphatic carbocycles. The third kappa shape index (κ3) is 3.09. The topological polar surface area (TPSA) is 49.4 Å². The Kier molecular flexibility index (Phi) is 3.98. The number of hydrogen-bond acceptors (Lipinski definition) is 3. The molecule has 1 aromatic carbocycles. The monoisotopic (exact) mass is 193 g/mol. The van der Waals surface area contributed by atoms with Crippen molar-refractivity contribution >= 4 is 5.97 Å². The van der Waals surface area contributed by atoms with Gasteiger partial charge >= 0.3 is 0 Å². The van der Waals surface area contributed by atoms with Gasteiger partial charge in [-0.05, 0) is 18.1 Å². The first-order chi connectivity index (χ1) is 6.74. The van der Waals surface area contributed by atoms with Crippen molar-refractivity contribution in [3.8, 4) is 5.75 Å². The second-order valence-electron chi connectivity index (χ2n) is 3.02. The first kappa shape index (κ1) is 10.6. The van der Waals surface area contributed by atoms with E-state index in [0.717, 1.165) is 18.4 Å². The highest BCUT2D eigenvalue weighted by atomic mass is 16.5. The number of carboxylic acids is 1. The summed E-state index contributed by atoms with van der Waals surface area (Å²) in [6, 6.07) is 7.45. The van der Waals surface area contributed by atoms with Crippen molar-refractivity contribution in [1.82, 2.24) is 0 Å². The van der Waals surface area contributed by atoms with E-state index in [1.807, 2.05) is 18.2 Å². The van der Waals surface area contributed by atoms with E-state index in [4.69, 9.17) is 4.74 Å². The summed E-state index contributed by atoms with van der Waals surface area (Å²) in [7, 11) is 0. The molecule has 0 N–H and O–H groups in total. The number of aryl methyl sites for hydroxylation is 1. The highest BCUT2D eigenvalue weighted by molar-refractivity contribution is 5.66. The van der Waals surface area contributed by atoms with Gasteiger partial charge in [-0.2, -0.15) is 0 Å². The smallest absolute Gasteiger partial charge is 0.128 e. The van der Waals surface area contributed by atoms with Crippen molar-refractivity contribution < 1.29 is 14.6 Å². The summed E-state index contributed by atoms with van der Waals surface area (Å²) < 4.78 is 5.09. The molecule has 0 unspecified atom stereocenters. The van der Waals surface area contributed by atoms with E-state index >= 15 is 0 Å². The molecular formula is C11H13O3-. The SMILES string of the molecule is CCCc1ccccc1OCC(=O)[O-]. The van der Waals surface area contributed by atoms with Gasteiger partial charge in [0.1, 0.15) is 12.4 Å². The van der Waals surface area contributed by atoms with Crippen molar-refractivity contribution in [3.05, 3.63) is 29.8 Å². The third-order valence-electron chi connectivity index (χ3n) is 1.84. The van der Waals surface area contributed by atoms with Crippen LogP contribution in [0.5, 0.6) is 5.75 Å². The molecular weight excluding hydrogens is 180 g/mol. The standard InChI is InChI=1S/C11H14O3/c1-2-5-9-6-3-4-7-10(9)14-8-11(12)13/h3-4,6-7H,2,5,8H2,1H3,(H,12,13)/p-1. The second kappa shape index (κ2) is 5.27. The van der Waals surface area contributed by atoms with E-state index in [1.165, 1.54) is 0 Å². The van der Waals surface area contributed by atoms with Crippen molar-refractivity contribution in [2.45, 2.75) is 19.8 Å². The van der Waals surface area contributed by atoms with Crippen LogP contribution in [-0.2, 0) is 11.2 Å². The van der Waals surface area contributed by atoms with E-state index in [9.17, 15) is 9.90 Å². The van der Waals surface area contributed by atoms with Gasteiger partial charge in [-0.3, -0.25) is 0 Å². The molecule has 3 heteroatoms. The van der Waals surface area contributed by atoms with E-state index in [-0.39, 0.29) is 6.61 Å². The van der Waals surface area contributed by atoms with Gasteiger partial charge in [0.05, 0.1) is 5.97 Å². The van der Waals surface area contributed by atoms with Crippen LogP contribution >= 0.6 is 0 Å². The van der Waals surface area contributed by atoms with Crippen molar-refractivity contribution in [2.24, 2.45) is 0 Å². The van der Waals surface area contributed by atoms with Gasteiger partial charge in [0.25, 0.3) is 0 Å². The zero-order valence-corrected chi connectivity index (χ0v) is 8.16. The number of carbonyl (C=O) groups excluding carboxylic acids is 1. The highest BCUT2D eigenvalue weighted by Gasteiger charge is 2.00. The normalized spacial score (nSPS) is 9.79. The molecule has 0 atom stereocenters. The van der Waals surface area contributed by atoms with Crippen molar-refractivity contribution in [2.75, 3.05) is 6.61 Å². The minimum atomic E-state index is -1.20. The minimum Gasteiger partial charge on any atom is -0.546 e. The maximum atomic E-state index is 10.2. The largest absolute Gasteiger partial charge is 0.546 e. The van der Waals surface area contributed by atoms with E-state index in [2.05, 4.69) is 6.92 Å². The lowest BCUT2D eigenvalue weighted by molar-refractivity contribution is -0.307. The Hall–Kier alpha value is -1.51. The molecule has 0 spiro atoms. The van der Waals surface area contributed by atoms with Crippen molar-refractivity contribution in [3.63, 3.8) is 0 Å². The summed E-state index contributed by atoms with van der Waals surface area (Å²) in [6.07, 6.45) is 1.90. The minimum absolute atomic E-state index is 0.388. The molecule has 1 aromatic rings. The highest BCUT2D eigenvalue weighted by Crippen LogP contribution is 2.19. The Morgan fingerprint density at radius 1 is 1.43 bits per heavy atom. The number of carbonyl (C=O) groups is 1. The average Bonchev–Trinajstić information content (AvgIpc) is 2.17. The van der Waals surface area contributed by atoms with E-state index in [1.54, 1.807) is 6.07 Å². The molecule has 0 saturated heterocycles. The lowest BCUT2D eigenvalue weighted by Gasteiger charge is -2.10. The van der Waals surface area contributed by atoms with Gasteiger partial charge in [0.15, 0.2) is 0 Å². The van der Waals surface area contributed by atoms with Crippen LogP contribution in [0.25, 0.3) is 0 Å². The number of ether oxygens (including phenoxy) is 1. The number of para-hydroxylation sites is 1. The molecule has 76 valence electrons. The summed E-state index contributed by atoms with van der Waals surface area (Å²) in [4.78, 5) is 10.2. The maximum absolute atomic E-state index is 10.2. The zero-order chi connectivity index (χ0) is 10.4. The molecule has 0 saturated carbocycles. The van der Waals surface area contributed by atoms with Crippen LogP contribution in [0.4, 0.5) is 0 Å². The molecule has 0 bridgehead atoms. The summed E-state index contributed by atoms with van der Waals surface area (Å²) in [5.41, 5.74) is 1.04. The lowest BCUT2D eigenvalue weighted by atomic mass is 10.1. The van der Waals surface area contributed by atoms with Crippen LogP contribution in [0, 0.1) is 0 Å². The zero-order valence-electron chi connectivity index (χ0n) is 8.16. The summed E-state index contributed by atoms with van der Waals surface area (Å²) in [5.74, 6) is -0.560. The fourth-order valence-electron chi connectivity index (χ4n) is 1.26. The number of hydrogen-bond donors (Lipinski definition) is 0. The number of carboxylic acid groups (broad SMARTS) is 1. The number of benzene rings is 1. The molecule has 3 nitrogen and oxygen atoms in total. The Balaban J connectivity index is 2.68. The maximum Gasteiger partial charge on any atom is 0.128 e. The molecule has 0 aromatic heterocycles. The molecule has 0 radical (unpaired) electrons. The predicted octanol–water partition coefficient (Wildman–Crippen LogP) is 0.768.